The molecule has 0 atom stereocenters. The number of hydrogen-bond donors (Lipinski definition) is 2. The van der Waals surface area contributed by atoms with Crippen LogP contribution in [0.15, 0.2) is 10.4 Å². The maximum absolute atomic E-state index is 5.34. The monoisotopic (exact) mass is 522 g/mol. The van der Waals surface area contributed by atoms with E-state index < -0.39 is 0 Å². The maximum Gasteiger partial charge on any atom is 0.191 e. The van der Waals surface area contributed by atoms with Gasteiger partial charge in [0, 0.05) is 50.6 Å². The van der Waals surface area contributed by atoms with Gasteiger partial charge in [-0.1, -0.05) is 33.6 Å². The number of nitrogens with one attached hydrogen (secondary N) is 2. The van der Waals surface area contributed by atoms with Gasteiger partial charge < -0.3 is 15.4 Å². The lowest BCUT2D eigenvalue weighted by Gasteiger charge is -2.27. The molecule has 1 heterocycles. The molecule has 0 radical (unpaired) electrons. The van der Waals surface area contributed by atoms with E-state index in [1.165, 1.54) is 36.4 Å². The van der Waals surface area contributed by atoms with E-state index in [1.54, 1.807) is 18.4 Å². The first-order chi connectivity index (χ1) is 12.9. The van der Waals surface area contributed by atoms with Gasteiger partial charge in [0.15, 0.2) is 5.96 Å². The third kappa shape index (κ3) is 8.14. The molecule has 2 rings (SSSR count). The van der Waals surface area contributed by atoms with Crippen molar-refractivity contribution in [3.63, 3.8) is 0 Å². The second-order valence-electron chi connectivity index (χ2n) is 8.70. The van der Waals surface area contributed by atoms with Crippen LogP contribution in [-0.4, -0.2) is 44.3 Å². The molecule has 0 aromatic carbocycles. The fraction of sp³-hybridized carbons (Fsp3) is 0.810. The molecule has 1 aliphatic carbocycles. The highest BCUT2D eigenvalue weighted by molar-refractivity contribution is 14.0. The molecule has 1 saturated carbocycles. The molecule has 1 aliphatic rings. The molecule has 28 heavy (non-hydrogen) atoms. The van der Waals surface area contributed by atoms with Crippen molar-refractivity contribution in [1.82, 2.24) is 15.6 Å². The largest absolute Gasteiger partial charge is 0.385 e. The number of nitrogens with zero attached hydrogens (tertiary/aromatic N) is 2. The quantitative estimate of drug-likeness (QED) is 0.279. The Bertz CT molecular complexity index is 591. The average Bonchev–Trinajstić information content (AvgIpc) is 3.28. The van der Waals surface area contributed by atoms with Crippen molar-refractivity contribution in [2.45, 2.75) is 71.6 Å². The van der Waals surface area contributed by atoms with E-state index in [9.17, 15) is 0 Å². The first-order valence-electron chi connectivity index (χ1n) is 10.3. The lowest BCUT2D eigenvalue weighted by atomic mass is 9.83. The number of methoxy groups -OCH3 is 1. The molecule has 7 heteroatoms. The molecule has 1 aromatic rings. The van der Waals surface area contributed by atoms with Crippen LogP contribution >= 0.6 is 35.3 Å². The molecule has 0 unspecified atom stereocenters. The van der Waals surface area contributed by atoms with Gasteiger partial charge in [-0.2, -0.15) is 0 Å². The van der Waals surface area contributed by atoms with E-state index in [0.717, 1.165) is 45.0 Å². The van der Waals surface area contributed by atoms with Crippen LogP contribution in [0.4, 0.5) is 0 Å². The van der Waals surface area contributed by atoms with Gasteiger partial charge in [0.05, 0.1) is 10.7 Å². The lowest BCUT2D eigenvalue weighted by Crippen LogP contribution is -2.39. The van der Waals surface area contributed by atoms with Gasteiger partial charge >= 0.3 is 0 Å². The number of hydrogen-bond acceptors (Lipinski definition) is 4. The summed E-state index contributed by atoms with van der Waals surface area (Å²) in [4.78, 5) is 9.70. The van der Waals surface area contributed by atoms with Crippen LogP contribution in [-0.2, 0) is 16.6 Å². The Labute approximate surface area is 192 Å². The van der Waals surface area contributed by atoms with E-state index >= 15 is 0 Å². The number of rotatable bonds is 9. The Morgan fingerprint density at radius 3 is 2.57 bits per heavy atom. The van der Waals surface area contributed by atoms with Crippen LogP contribution in [0.5, 0.6) is 0 Å². The molecule has 162 valence electrons. The van der Waals surface area contributed by atoms with Gasteiger partial charge in [0.2, 0.25) is 0 Å². The summed E-state index contributed by atoms with van der Waals surface area (Å²) in [5, 5.41) is 10.3. The Morgan fingerprint density at radius 2 is 2.00 bits per heavy atom. The molecule has 0 amide bonds. The normalized spacial score (nSPS) is 16.7. The van der Waals surface area contributed by atoms with Crippen molar-refractivity contribution in [1.29, 1.82) is 0 Å². The Kier molecular flexibility index (Phi) is 11.3. The average molecular weight is 523 g/mol. The third-order valence-electron chi connectivity index (χ3n) is 5.37. The summed E-state index contributed by atoms with van der Waals surface area (Å²) in [7, 11) is 1.79. The predicted octanol–water partition coefficient (Wildman–Crippen LogP) is 4.75. The van der Waals surface area contributed by atoms with Crippen LogP contribution in [0.25, 0.3) is 0 Å². The zero-order chi connectivity index (χ0) is 19.8. The smallest absolute Gasteiger partial charge is 0.191 e. The third-order valence-corrected chi connectivity index (χ3v) is 6.28. The molecule has 1 fully saturated rings. The molecule has 1 aromatic heterocycles. The maximum atomic E-state index is 5.34. The summed E-state index contributed by atoms with van der Waals surface area (Å²) in [6, 6.07) is 0. The van der Waals surface area contributed by atoms with E-state index in [2.05, 4.69) is 43.7 Å². The van der Waals surface area contributed by atoms with Crippen LogP contribution in [0, 0.1) is 5.41 Å². The molecular weight excluding hydrogens is 483 g/mol. The number of aliphatic imine (C=N–C) groups is 1. The summed E-state index contributed by atoms with van der Waals surface area (Å²) in [5.74, 6) is 0.925. The lowest BCUT2D eigenvalue weighted by molar-refractivity contribution is 0.141. The molecule has 2 N–H and O–H groups in total. The van der Waals surface area contributed by atoms with Gasteiger partial charge in [0.1, 0.15) is 0 Å². The standard InChI is InChI=1S/C21H38N4OS.HI/c1-6-22-19(24-16-21(12-14-26-5)10-7-8-11-21)23-13-9-18-25-17(15-27-18)20(2,3)4;/h15H,6-14,16H2,1-5H3,(H2,22,23,24);1H. The molecule has 0 saturated heterocycles. The molecule has 0 aliphatic heterocycles. The molecule has 0 bridgehead atoms. The highest BCUT2D eigenvalue weighted by Crippen LogP contribution is 2.41. The Balaban J connectivity index is 0.00000392. The van der Waals surface area contributed by atoms with Crippen molar-refractivity contribution in [3.8, 4) is 0 Å². The van der Waals surface area contributed by atoms with Crippen molar-refractivity contribution in [2.75, 3.05) is 33.4 Å². The first kappa shape index (κ1) is 25.6. The number of halogens is 1. The van der Waals surface area contributed by atoms with E-state index in [0.29, 0.717) is 5.41 Å². The zero-order valence-electron chi connectivity index (χ0n) is 18.3. The predicted molar refractivity (Wildman–Crippen MR) is 131 cm³/mol. The van der Waals surface area contributed by atoms with Crippen LogP contribution in [0.1, 0.15) is 70.5 Å². The van der Waals surface area contributed by atoms with Crippen molar-refractivity contribution in [3.05, 3.63) is 16.1 Å². The van der Waals surface area contributed by atoms with Crippen molar-refractivity contribution < 1.29 is 4.74 Å². The van der Waals surface area contributed by atoms with E-state index in [1.807, 2.05) is 0 Å². The fourth-order valence-corrected chi connectivity index (χ4v) is 4.60. The number of thiazole rings is 1. The summed E-state index contributed by atoms with van der Waals surface area (Å²) >= 11 is 1.76. The minimum atomic E-state index is 0. The van der Waals surface area contributed by atoms with Crippen molar-refractivity contribution >= 4 is 41.3 Å². The Morgan fingerprint density at radius 1 is 1.29 bits per heavy atom. The second-order valence-corrected chi connectivity index (χ2v) is 9.64. The van der Waals surface area contributed by atoms with Gasteiger partial charge in [-0.25, -0.2) is 4.98 Å². The highest BCUT2D eigenvalue weighted by atomic mass is 127. The zero-order valence-corrected chi connectivity index (χ0v) is 21.4. The summed E-state index contributed by atoms with van der Waals surface area (Å²) in [6.45, 7) is 12.2. The SMILES string of the molecule is CCNC(=NCC1(CCOC)CCCC1)NCCc1nc(C(C)(C)C)cs1.I. The topological polar surface area (TPSA) is 58.5 Å². The number of ether oxygens (including phenoxy) is 1. The van der Waals surface area contributed by atoms with Gasteiger partial charge in [-0.15, -0.1) is 35.3 Å². The summed E-state index contributed by atoms with van der Waals surface area (Å²) in [5.41, 5.74) is 1.63. The Hall–Kier alpha value is -0.410. The van der Waals surface area contributed by atoms with Crippen LogP contribution in [0.2, 0.25) is 0 Å². The molecule has 0 spiro atoms. The number of aromatic nitrogens is 1. The van der Waals surface area contributed by atoms with Crippen LogP contribution in [0.3, 0.4) is 0 Å². The second kappa shape index (κ2) is 12.3. The van der Waals surface area contributed by atoms with E-state index in [4.69, 9.17) is 14.7 Å². The van der Waals surface area contributed by atoms with Gasteiger partial charge in [-0.05, 0) is 31.6 Å². The first-order valence-corrected chi connectivity index (χ1v) is 11.2. The van der Waals surface area contributed by atoms with Crippen LogP contribution < -0.4 is 10.6 Å². The fourth-order valence-electron chi connectivity index (χ4n) is 3.58. The van der Waals surface area contributed by atoms with Crippen molar-refractivity contribution in [2.24, 2.45) is 10.4 Å². The number of guanidine groups is 1. The molecule has 5 nitrogen and oxygen atoms in total. The summed E-state index contributed by atoms with van der Waals surface area (Å²) in [6.07, 6.45) is 7.23. The van der Waals surface area contributed by atoms with E-state index in [-0.39, 0.29) is 29.4 Å². The summed E-state index contributed by atoms with van der Waals surface area (Å²) < 4.78 is 5.34. The molecular formula is C21H39IN4OS. The highest BCUT2D eigenvalue weighted by Gasteiger charge is 2.33. The van der Waals surface area contributed by atoms with Gasteiger partial charge in [-0.3, -0.25) is 4.99 Å². The van der Waals surface area contributed by atoms with Gasteiger partial charge in [0.25, 0.3) is 0 Å². The minimum absolute atomic E-state index is 0. The minimum Gasteiger partial charge on any atom is -0.385 e.